The fourth-order valence-electron chi connectivity index (χ4n) is 5.04. The molecule has 1 aromatic heterocycles. The zero-order valence-electron chi connectivity index (χ0n) is 20.8. The average Bonchev–Trinajstić information content (AvgIpc) is 3.26. The number of benzene rings is 1. The highest BCUT2D eigenvalue weighted by Crippen LogP contribution is 2.29. The van der Waals surface area contributed by atoms with E-state index in [1.165, 1.54) is 0 Å². The molecule has 2 heterocycles. The summed E-state index contributed by atoms with van der Waals surface area (Å²) in [7, 11) is 4.09. The van der Waals surface area contributed by atoms with Crippen LogP contribution in [-0.2, 0) is 6.42 Å². The Kier molecular flexibility index (Phi) is 7.38. The number of hydrogen-bond acceptors (Lipinski definition) is 7. The topological polar surface area (TPSA) is 90.8 Å². The van der Waals surface area contributed by atoms with Gasteiger partial charge in [-0.3, -0.25) is 9.69 Å². The number of anilines is 2. The van der Waals surface area contributed by atoms with Gasteiger partial charge in [0.05, 0.1) is 12.7 Å². The first kappa shape index (κ1) is 24.4. The Morgan fingerprint density at radius 2 is 1.94 bits per heavy atom. The van der Waals surface area contributed by atoms with E-state index in [9.17, 15) is 9.90 Å². The first-order valence-electron chi connectivity index (χ1n) is 12.2. The van der Waals surface area contributed by atoms with Crippen molar-refractivity contribution in [3.05, 3.63) is 41.6 Å². The number of fused-ring (bicyclic) bond motifs is 1. The van der Waals surface area contributed by atoms with Crippen molar-refractivity contribution in [2.75, 3.05) is 44.0 Å². The average molecular weight is 468 g/mol. The van der Waals surface area contributed by atoms with Crippen molar-refractivity contribution in [1.29, 1.82) is 0 Å². The maximum absolute atomic E-state index is 13.8. The quantitative estimate of drug-likeness (QED) is 0.615. The Bertz CT molecular complexity index is 1000. The van der Waals surface area contributed by atoms with E-state index >= 15 is 0 Å². The van der Waals surface area contributed by atoms with E-state index in [1.54, 1.807) is 17.2 Å². The second-order valence-electron chi connectivity index (χ2n) is 10.6. The largest absolute Gasteiger partial charge is 0.493 e. The summed E-state index contributed by atoms with van der Waals surface area (Å²) in [5.41, 5.74) is 1.55. The van der Waals surface area contributed by atoms with Crippen LogP contribution in [0.2, 0.25) is 0 Å². The standard InChI is InChI=1S/C26H37N5O3/c1-26(2,16-30(3)4)17-31(24(33)19-5-10-22-18(15-19)12-14-34-22)23-11-13-27-25(29-23)28-20-6-8-21(32)9-7-20/h5,10-11,13,15,20-21,32H,6-9,12,14,16-17H2,1-4H3,(H,27,28,29). The minimum atomic E-state index is -0.213. The van der Waals surface area contributed by atoms with Crippen molar-refractivity contribution in [2.45, 2.75) is 58.1 Å². The van der Waals surface area contributed by atoms with E-state index in [0.29, 0.717) is 30.5 Å². The number of aliphatic hydroxyl groups excluding tert-OH is 1. The third kappa shape index (κ3) is 6.04. The maximum Gasteiger partial charge on any atom is 0.259 e. The molecule has 0 radical (unpaired) electrons. The van der Waals surface area contributed by atoms with Gasteiger partial charge in [-0.05, 0) is 75.0 Å². The number of aliphatic hydroxyl groups is 1. The smallest absolute Gasteiger partial charge is 0.259 e. The molecule has 34 heavy (non-hydrogen) atoms. The highest BCUT2D eigenvalue weighted by molar-refractivity contribution is 6.06. The molecule has 1 aromatic carbocycles. The summed E-state index contributed by atoms with van der Waals surface area (Å²) in [5.74, 6) is 1.89. The Hall–Kier alpha value is -2.71. The third-order valence-electron chi connectivity index (χ3n) is 6.46. The van der Waals surface area contributed by atoms with Gasteiger partial charge in [-0.25, -0.2) is 4.98 Å². The first-order valence-corrected chi connectivity index (χ1v) is 12.2. The summed E-state index contributed by atoms with van der Waals surface area (Å²) in [4.78, 5) is 26.9. The molecule has 1 saturated carbocycles. The van der Waals surface area contributed by atoms with Crippen LogP contribution in [0.5, 0.6) is 5.75 Å². The second kappa shape index (κ2) is 10.3. The van der Waals surface area contributed by atoms with Gasteiger partial charge in [0.15, 0.2) is 0 Å². The maximum atomic E-state index is 13.8. The van der Waals surface area contributed by atoms with Crippen molar-refractivity contribution in [2.24, 2.45) is 5.41 Å². The molecular formula is C26H37N5O3. The fraction of sp³-hybridized carbons (Fsp3) is 0.577. The summed E-state index contributed by atoms with van der Waals surface area (Å²) in [6.07, 6.45) is 5.63. The van der Waals surface area contributed by atoms with E-state index in [1.807, 2.05) is 32.3 Å². The lowest BCUT2D eigenvalue weighted by molar-refractivity contribution is 0.0970. The highest BCUT2D eigenvalue weighted by Gasteiger charge is 2.29. The summed E-state index contributed by atoms with van der Waals surface area (Å²) >= 11 is 0. The molecular weight excluding hydrogens is 430 g/mol. The van der Waals surface area contributed by atoms with Crippen LogP contribution < -0.4 is 15.0 Å². The predicted molar refractivity (Wildman–Crippen MR) is 134 cm³/mol. The van der Waals surface area contributed by atoms with Crippen LogP contribution in [0.15, 0.2) is 30.5 Å². The van der Waals surface area contributed by atoms with Crippen LogP contribution in [0.4, 0.5) is 11.8 Å². The molecule has 1 fully saturated rings. The number of hydrogen-bond donors (Lipinski definition) is 2. The van der Waals surface area contributed by atoms with Crippen LogP contribution in [0.1, 0.15) is 55.5 Å². The monoisotopic (exact) mass is 467 g/mol. The molecule has 0 bridgehead atoms. The van der Waals surface area contributed by atoms with Crippen LogP contribution in [-0.4, -0.2) is 71.8 Å². The molecule has 1 aliphatic carbocycles. The van der Waals surface area contributed by atoms with Crippen molar-refractivity contribution in [1.82, 2.24) is 14.9 Å². The Balaban J connectivity index is 1.60. The zero-order valence-corrected chi connectivity index (χ0v) is 20.8. The molecule has 0 atom stereocenters. The molecule has 0 spiro atoms. The van der Waals surface area contributed by atoms with Gasteiger partial charge in [-0.1, -0.05) is 13.8 Å². The van der Waals surface area contributed by atoms with Gasteiger partial charge in [-0.15, -0.1) is 0 Å². The van der Waals surface area contributed by atoms with Crippen molar-refractivity contribution >= 4 is 17.7 Å². The van der Waals surface area contributed by atoms with E-state index < -0.39 is 0 Å². The molecule has 1 amide bonds. The molecule has 4 rings (SSSR count). The summed E-state index contributed by atoms with van der Waals surface area (Å²) in [6.45, 7) is 6.33. The molecule has 1 aliphatic heterocycles. The molecule has 0 unspecified atom stereocenters. The molecule has 2 aliphatic rings. The molecule has 8 heteroatoms. The lowest BCUT2D eigenvalue weighted by Gasteiger charge is -2.34. The number of ether oxygens (including phenoxy) is 1. The number of nitrogens with zero attached hydrogens (tertiary/aromatic N) is 4. The molecule has 8 nitrogen and oxygen atoms in total. The van der Waals surface area contributed by atoms with Gasteiger partial charge in [0.1, 0.15) is 11.6 Å². The van der Waals surface area contributed by atoms with Crippen LogP contribution in [0.25, 0.3) is 0 Å². The van der Waals surface area contributed by atoms with Gasteiger partial charge in [0.2, 0.25) is 5.95 Å². The van der Waals surface area contributed by atoms with Crippen molar-refractivity contribution in [3.63, 3.8) is 0 Å². The molecule has 2 aromatic rings. The number of amides is 1. The summed E-state index contributed by atoms with van der Waals surface area (Å²) < 4.78 is 5.62. The molecule has 184 valence electrons. The number of carbonyl (C=O) groups excluding carboxylic acids is 1. The summed E-state index contributed by atoms with van der Waals surface area (Å²) in [5, 5.41) is 13.2. The lowest BCUT2D eigenvalue weighted by atomic mass is 9.91. The number of rotatable bonds is 8. The van der Waals surface area contributed by atoms with Gasteiger partial charge < -0.3 is 20.1 Å². The van der Waals surface area contributed by atoms with E-state index in [-0.39, 0.29) is 23.5 Å². The third-order valence-corrected chi connectivity index (χ3v) is 6.46. The van der Waals surface area contributed by atoms with Crippen molar-refractivity contribution < 1.29 is 14.6 Å². The zero-order chi connectivity index (χ0) is 24.3. The van der Waals surface area contributed by atoms with Crippen LogP contribution >= 0.6 is 0 Å². The van der Waals surface area contributed by atoms with E-state index in [4.69, 9.17) is 9.72 Å². The number of nitrogens with one attached hydrogen (secondary N) is 1. The van der Waals surface area contributed by atoms with E-state index in [2.05, 4.69) is 29.0 Å². The normalized spacial score (nSPS) is 20.1. The van der Waals surface area contributed by atoms with Crippen molar-refractivity contribution in [3.8, 4) is 5.75 Å². The highest BCUT2D eigenvalue weighted by atomic mass is 16.5. The minimum absolute atomic E-state index is 0.0769. The second-order valence-corrected chi connectivity index (χ2v) is 10.6. The van der Waals surface area contributed by atoms with Gasteiger partial charge in [0, 0.05) is 37.3 Å². The van der Waals surface area contributed by atoms with Crippen LogP contribution in [0.3, 0.4) is 0 Å². The Morgan fingerprint density at radius 1 is 1.18 bits per heavy atom. The fourth-order valence-corrected chi connectivity index (χ4v) is 5.04. The molecule has 2 N–H and O–H groups in total. The van der Waals surface area contributed by atoms with Gasteiger partial charge in [-0.2, -0.15) is 4.98 Å². The number of carbonyl (C=O) groups is 1. The first-order chi connectivity index (χ1) is 16.2. The predicted octanol–water partition coefficient (Wildman–Crippen LogP) is 3.36. The Labute approximate surface area is 202 Å². The Morgan fingerprint density at radius 3 is 2.68 bits per heavy atom. The number of aromatic nitrogens is 2. The van der Waals surface area contributed by atoms with Crippen LogP contribution in [0, 0.1) is 5.41 Å². The van der Waals surface area contributed by atoms with Gasteiger partial charge in [0.25, 0.3) is 5.91 Å². The molecule has 0 saturated heterocycles. The minimum Gasteiger partial charge on any atom is -0.493 e. The lowest BCUT2D eigenvalue weighted by Crippen LogP contribution is -2.43. The SMILES string of the molecule is CN(C)CC(C)(C)CN(C(=O)c1ccc2c(c1)CCO2)c1ccnc(NC2CCC(O)CC2)n1. The summed E-state index contributed by atoms with van der Waals surface area (Å²) in [6, 6.07) is 7.71. The van der Waals surface area contributed by atoms with Gasteiger partial charge >= 0.3 is 0 Å². The van der Waals surface area contributed by atoms with E-state index in [0.717, 1.165) is 50.0 Å².